The van der Waals surface area contributed by atoms with Crippen molar-refractivity contribution in [2.75, 3.05) is 11.9 Å². The number of anilines is 1. The number of carbonyl (C=O) groups is 1. The zero-order valence-electron chi connectivity index (χ0n) is 12.1. The van der Waals surface area contributed by atoms with Gasteiger partial charge in [-0.2, -0.15) is 13.2 Å². The van der Waals surface area contributed by atoms with Crippen LogP contribution in [-0.4, -0.2) is 17.4 Å². The smallest absolute Gasteiger partial charge is 0.421 e. The molecule has 0 aliphatic heterocycles. The molecule has 1 aromatic carbocycles. The van der Waals surface area contributed by atoms with Crippen LogP contribution in [0, 0.1) is 0 Å². The van der Waals surface area contributed by atoms with E-state index in [1.807, 2.05) is 6.92 Å². The number of alkyl halides is 3. The van der Waals surface area contributed by atoms with Crippen molar-refractivity contribution in [1.82, 2.24) is 4.98 Å². The van der Waals surface area contributed by atoms with Gasteiger partial charge < -0.3 is 15.8 Å². The molecule has 0 saturated heterocycles. The molecule has 2 rings (SSSR count). The Labute approximate surface area is 130 Å². The molecule has 0 unspecified atom stereocenters. The molecular formula is C15H14F3N3O2. The SMILES string of the molecule is CCNc1ccc(Oc2ncccc2C(F)(F)F)cc1C(N)=O. The van der Waals surface area contributed by atoms with Gasteiger partial charge in [0.2, 0.25) is 5.88 Å². The molecule has 23 heavy (non-hydrogen) atoms. The first-order chi connectivity index (χ1) is 10.8. The van der Waals surface area contributed by atoms with Crippen LogP contribution in [0.1, 0.15) is 22.8 Å². The topological polar surface area (TPSA) is 77.2 Å². The third kappa shape index (κ3) is 3.91. The third-order valence-electron chi connectivity index (χ3n) is 2.91. The molecule has 0 saturated carbocycles. The van der Waals surface area contributed by atoms with Crippen molar-refractivity contribution in [3.63, 3.8) is 0 Å². The van der Waals surface area contributed by atoms with E-state index in [1.165, 1.54) is 30.5 Å². The van der Waals surface area contributed by atoms with Gasteiger partial charge >= 0.3 is 6.18 Å². The molecule has 2 aromatic rings. The number of nitrogens with two attached hydrogens (primary N) is 1. The fourth-order valence-electron chi connectivity index (χ4n) is 1.93. The van der Waals surface area contributed by atoms with Gasteiger partial charge in [0.05, 0.1) is 5.56 Å². The van der Waals surface area contributed by atoms with Crippen LogP contribution in [0.3, 0.4) is 0 Å². The molecule has 8 heteroatoms. The number of benzene rings is 1. The predicted octanol–water partition coefficient (Wildman–Crippen LogP) is 3.42. The van der Waals surface area contributed by atoms with Gasteiger partial charge in [-0.25, -0.2) is 4.98 Å². The van der Waals surface area contributed by atoms with E-state index in [2.05, 4.69) is 10.3 Å². The first-order valence-electron chi connectivity index (χ1n) is 6.70. The van der Waals surface area contributed by atoms with E-state index in [4.69, 9.17) is 10.5 Å². The number of hydrogen-bond acceptors (Lipinski definition) is 4. The lowest BCUT2D eigenvalue weighted by Gasteiger charge is -2.14. The number of hydrogen-bond donors (Lipinski definition) is 2. The average molecular weight is 325 g/mol. The number of halogens is 3. The molecule has 1 amide bonds. The van der Waals surface area contributed by atoms with Crippen molar-refractivity contribution >= 4 is 11.6 Å². The van der Waals surface area contributed by atoms with Gasteiger partial charge in [0, 0.05) is 18.4 Å². The van der Waals surface area contributed by atoms with Gasteiger partial charge in [-0.05, 0) is 37.3 Å². The normalized spacial score (nSPS) is 11.1. The lowest BCUT2D eigenvalue weighted by atomic mass is 10.1. The van der Waals surface area contributed by atoms with Gasteiger partial charge in [-0.1, -0.05) is 0 Å². The monoisotopic (exact) mass is 325 g/mol. The van der Waals surface area contributed by atoms with Gasteiger partial charge in [0.15, 0.2) is 0 Å². The highest BCUT2D eigenvalue weighted by Crippen LogP contribution is 2.37. The fourth-order valence-corrected chi connectivity index (χ4v) is 1.93. The molecule has 0 radical (unpaired) electrons. The molecule has 1 heterocycles. The van der Waals surface area contributed by atoms with Crippen LogP contribution < -0.4 is 15.8 Å². The summed E-state index contributed by atoms with van der Waals surface area (Å²) in [6.45, 7) is 2.39. The highest BCUT2D eigenvalue weighted by atomic mass is 19.4. The Morgan fingerprint density at radius 2 is 2.09 bits per heavy atom. The summed E-state index contributed by atoms with van der Waals surface area (Å²) in [7, 11) is 0. The number of ether oxygens (including phenoxy) is 1. The van der Waals surface area contributed by atoms with Crippen LogP contribution in [0.15, 0.2) is 36.5 Å². The first-order valence-corrected chi connectivity index (χ1v) is 6.70. The number of nitrogens with one attached hydrogen (secondary N) is 1. The van der Waals surface area contributed by atoms with Crippen LogP contribution in [0.4, 0.5) is 18.9 Å². The van der Waals surface area contributed by atoms with Crippen molar-refractivity contribution < 1.29 is 22.7 Å². The number of primary amides is 1. The summed E-state index contributed by atoms with van der Waals surface area (Å²) in [6, 6.07) is 6.24. The van der Waals surface area contributed by atoms with Crippen molar-refractivity contribution in [3.8, 4) is 11.6 Å². The van der Waals surface area contributed by atoms with Crippen molar-refractivity contribution in [1.29, 1.82) is 0 Å². The standard InChI is InChI=1S/C15H14F3N3O2/c1-2-20-12-6-5-9(8-10(12)13(19)22)23-14-11(15(16,17)18)4-3-7-21-14/h3-8,20H,2H2,1H3,(H2,19,22). The molecule has 3 N–H and O–H groups in total. The molecular weight excluding hydrogens is 311 g/mol. The molecule has 0 aliphatic rings. The quantitative estimate of drug-likeness (QED) is 0.883. The molecule has 0 atom stereocenters. The van der Waals surface area contributed by atoms with E-state index < -0.39 is 23.5 Å². The first kappa shape index (κ1) is 16.6. The van der Waals surface area contributed by atoms with E-state index in [1.54, 1.807) is 0 Å². The van der Waals surface area contributed by atoms with E-state index in [9.17, 15) is 18.0 Å². The summed E-state index contributed by atoms with van der Waals surface area (Å²) in [5.74, 6) is -1.28. The Kier molecular flexibility index (Phi) is 4.73. The molecule has 0 aliphatic carbocycles. The average Bonchev–Trinajstić information content (AvgIpc) is 2.48. The van der Waals surface area contributed by atoms with Crippen LogP contribution in [0.5, 0.6) is 11.6 Å². The minimum absolute atomic E-state index is 0.0321. The van der Waals surface area contributed by atoms with E-state index >= 15 is 0 Å². The van der Waals surface area contributed by atoms with Crippen LogP contribution in [0.25, 0.3) is 0 Å². The summed E-state index contributed by atoms with van der Waals surface area (Å²) >= 11 is 0. The second-order valence-electron chi connectivity index (χ2n) is 4.56. The molecule has 0 fully saturated rings. The Balaban J connectivity index is 2.38. The highest BCUT2D eigenvalue weighted by Gasteiger charge is 2.35. The zero-order valence-corrected chi connectivity index (χ0v) is 12.1. The lowest BCUT2D eigenvalue weighted by Crippen LogP contribution is -2.14. The van der Waals surface area contributed by atoms with Gasteiger partial charge in [-0.3, -0.25) is 4.79 Å². The molecule has 122 valence electrons. The van der Waals surface area contributed by atoms with Crippen LogP contribution in [0.2, 0.25) is 0 Å². The number of pyridine rings is 1. The van der Waals surface area contributed by atoms with Crippen LogP contribution in [-0.2, 0) is 6.18 Å². The van der Waals surface area contributed by atoms with Crippen molar-refractivity contribution in [2.24, 2.45) is 5.73 Å². The van der Waals surface area contributed by atoms with E-state index in [0.29, 0.717) is 12.2 Å². The van der Waals surface area contributed by atoms with Gasteiger partial charge in [0.1, 0.15) is 11.3 Å². The molecule has 0 spiro atoms. The summed E-state index contributed by atoms with van der Waals surface area (Å²) in [4.78, 5) is 15.1. The van der Waals surface area contributed by atoms with Crippen molar-refractivity contribution in [3.05, 3.63) is 47.7 Å². The highest BCUT2D eigenvalue weighted by molar-refractivity contribution is 5.98. The number of rotatable bonds is 5. The van der Waals surface area contributed by atoms with E-state index in [0.717, 1.165) is 6.07 Å². The van der Waals surface area contributed by atoms with Gasteiger partial charge in [-0.15, -0.1) is 0 Å². The number of amides is 1. The number of carbonyl (C=O) groups excluding carboxylic acids is 1. The maximum Gasteiger partial charge on any atom is 0.421 e. The summed E-state index contributed by atoms with van der Waals surface area (Å²) in [6.07, 6.45) is -3.41. The Morgan fingerprint density at radius 1 is 1.35 bits per heavy atom. The maximum absolute atomic E-state index is 12.9. The Bertz CT molecular complexity index is 717. The zero-order chi connectivity index (χ0) is 17.0. The van der Waals surface area contributed by atoms with E-state index in [-0.39, 0.29) is 11.3 Å². The van der Waals surface area contributed by atoms with Crippen LogP contribution >= 0.6 is 0 Å². The fraction of sp³-hybridized carbons (Fsp3) is 0.200. The van der Waals surface area contributed by atoms with Gasteiger partial charge in [0.25, 0.3) is 5.91 Å². The number of aromatic nitrogens is 1. The third-order valence-corrected chi connectivity index (χ3v) is 2.91. The maximum atomic E-state index is 12.9. The number of nitrogens with zero attached hydrogens (tertiary/aromatic N) is 1. The summed E-state index contributed by atoms with van der Waals surface area (Å²) < 4.78 is 44.0. The molecule has 1 aromatic heterocycles. The lowest BCUT2D eigenvalue weighted by molar-refractivity contribution is -0.138. The minimum atomic E-state index is -4.60. The Morgan fingerprint density at radius 3 is 2.70 bits per heavy atom. The summed E-state index contributed by atoms with van der Waals surface area (Å²) in [5, 5.41) is 2.93. The Hall–Kier alpha value is -2.77. The largest absolute Gasteiger partial charge is 0.438 e. The second kappa shape index (κ2) is 6.55. The molecule has 5 nitrogen and oxygen atoms in total. The predicted molar refractivity (Wildman–Crippen MR) is 78.4 cm³/mol. The minimum Gasteiger partial charge on any atom is -0.438 e. The summed E-state index contributed by atoms with van der Waals surface area (Å²) in [5.41, 5.74) is 4.87. The van der Waals surface area contributed by atoms with Crippen molar-refractivity contribution in [2.45, 2.75) is 13.1 Å². The molecule has 0 bridgehead atoms. The second-order valence-corrected chi connectivity index (χ2v) is 4.56.